The summed E-state index contributed by atoms with van der Waals surface area (Å²) in [6.45, 7) is 4.48. The highest BCUT2D eigenvalue weighted by Gasteiger charge is 2.40. The van der Waals surface area contributed by atoms with Crippen LogP contribution in [-0.2, 0) is 4.79 Å². The van der Waals surface area contributed by atoms with E-state index < -0.39 is 42.2 Å². The highest BCUT2D eigenvalue weighted by atomic mass is 19.3. The van der Waals surface area contributed by atoms with Gasteiger partial charge in [-0.25, -0.2) is 31.7 Å². The van der Waals surface area contributed by atoms with Gasteiger partial charge in [0.05, 0.1) is 30.2 Å². The molecule has 2 saturated carbocycles. The van der Waals surface area contributed by atoms with E-state index in [4.69, 9.17) is 9.61 Å². The average Bonchev–Trinajstić information content (AvgIpc) is 3.47. The number of aromatic nitrogens is 5. The lowest BCUT2D eigenvalue weighted by molar-refractivity contribution is -0.123. The monoisotopic (exact) mass is 593 g/mol. The topological polar surface area (TPSA) is 127 Å². The fraction of sp³-hybridized carbons (Fsp3) is 0.643. The first-order valence-corrected chi connectivity index (χ1v) is 14.3. The van der Waals surface area contributed by atoms with E-state index in [2.05, 4.69) is 26.0 Å². The van der Waals surface area contributed by atoms with Crippen LogP contribution in [0.3, 0.4) is 0 Å². The van der Waals surface area contributed by atoms with Gasteiger partial charge in [-0.05, 0) is 61.2 Å². The number of nitrogens with one attached hydrogen (secondary N) is 2. The number of amides is 2. The minimum Gasteiger partial charge on any atom is -0.349 e. The van der Waals surface area contributed by atoms with Gasteiger partial charge in [0.2, 0.25) is 17.8 Å². The molecule has 0 aliphatic heterocycles. The van der Waals surface area contributed by atoms with E-state index in [0.717, 1.165) is 19.8 Å². The Morgan fingerprint density at radius 2 is 1.79 bits per heavy atom. The largest absolute Gasteiger partial charge is 0.349 e. The highest BCUT2D eigenvalue weighted by molar-refractivity contribution is 5.93. The Bertz CT molecular complexity index is 1420. The number of alkyl halides is 4. The Morgan fingerprint density at radius 1 is 1.10 bits per heavy atom. The standard InChI is InChI=1S/C28H35F4N7O3/c1-15(2)22-25(38-42-37-22)26(41)36-24(17-6-10-28(31,32)11-7-17)19-14-39-20(34-19)12-18(13-33-39)23(16-4-5-16)35-21(40)8-9-27(3,29)30/h12-17,23-24H,4-11H2,1-3H3,(H,35,40)(H,36,41)/t23-,24+/m1/s1. The zero-order valence-corrected chi connectivity index (χ0v) is 23.7. The molecule has 0 spiro atoms. The lowest BCUT2D eigenvalue weighted by Gasteiger charge is -2.33. The molecule has 2 amide bonds. The zero-order chi connectivity index (χ0) is 30.2. The smallest absolute Gasteiger partial charge is 0.276 e. The van der Waals surface area contributed by atoms with E-state index in [0.29, 0.717) is 22.6 Å². The first-order valence-electron chi connectivity index (χ1n) is 14.3. The van der Waals surface area contributed by atoms with Crippen LogP contribution in [-0.4, -0.2) is 48.6 Å². The number of halogens is 4. The number of hydrogen-bond donors (Lipinski definition) is 2. The van der Waals surface area contributed by atoms with Crippen LogP contribution in [0.15, 0.2) is 23.1 Å². The summed E-state index contributed by atoms with van der Waals surface area (Å²) >= 11 is 0. The van der Waals surface area contributed by atoms with Gasteiger partial charge in [-0.1, -0.05) is 19.0 Å². The third-order valence-corrected chi connectivity index (χ3v) is 8.03. The maximum atomic E-state index is 14.0. The molecule has 3 aromatic heterocycles. The summed E-state index contributed by atoms with van der Waals surface area (Å²) in [7, 11) is 0. The minimum atomic E-state index is -2.93. The van der Waals surface area contributed by atoms with Crippen LogP contribution < -0.4 is 10.6 Å². The van der Waals surface area contributed by atoms with E-state index in [-0.39, 0.29) is 55.6 Å². The van der Waals surface area contributed by atoms with Crippen molar-refractivity contribution in [2.45, 2.75) is 102 Å². The van der Waals surface area contributed by atoms with Gasteiger partial charge in [0.15, 0.2) is 11.3 Å². The lowest BCUT2D eigenvalue weighted by atomic mass is 9.81. The van der Waals surface area contributed by atoms with Gasteiger partial charge < -0.3 is 10.6 Å². The second kappa shape index (κ2) is 11.6. The number of carbonyl (C=O) groups is 2. The average molecular weight is 594 g/mol. The summed E-state index contributed by atoms with van der Waals surface area (Å²) in [5.74, 6) is -6.96. The fourth-order valence-corrected chi connectivity index (χ4v) is 5.48. The predicted octanol–water partition coefficient (Wildman–Crippen LogP) is 5.54. The van der Waals surface area contributed by atoms with Gasteiger partial charge in [0.1, 0.15) is 5.69 Å². The van der Waals surface area contributed by atoms with Crippen LogP contribution in [0.5, 0.6) is 0 Å². The van der Waals surface area contributed by atoms with E-state index in [9.17, 15) is 27.2 Å². The summed E-state index contributed by atoms with van der Waals surface area (Å²) in [6, 6.07) is 0.663. The molecule has 2 fully saturated rings. The minimum absolute atomic E-state index is 0.0316. The van der Waals surface area contributed by atoms with Crippen LogP contribution in [0.2, 0.25) is 0 Å². The Kier molecular flexibility index (Phi) is 8.26. The third-order valence-electron chi connectivity index (χ3n) is 8.03. The first kappa shape index (κ1) is 29.9. The van der Waals surface area contributed by atoms with E-state index in [1.807, 2.05) is 13.8 Å². The summed E-state index contributed by atoms with van der Waals surface area (Å²) in [5, 5.41) is 17.9. The maximum absolute atomic E-state index is 14.0. The van der Waals surface area contributed by atoms with Gasteiger partial charge >= 0.3 is 0 Å². The Hall–Kier alpha value is -3.58. The Labute approximate surface area is 240 Å². The van der Waals surface area contributed by atoms with Crippen LogP contribution >= 0.6 is 0 Å². The van der Waals surface area contributed by atoms with Crippen molar-refractivity contribution in [1.29, 1.82) is 0 Å². The molecule has 0 saturated heterocycles. The van der Waals surface area contributed by atoms with Crippen LogP contribution in [0.1, 0.15) is 118 Å². The zero-order valence-electron chi connectivity index (χ0n) is 23.7. The lowest BCUT2D eigenvalue weighted by Crippen LogP contribution is -2.37. The molecule has 3 aromatic rings. The molecule has 228 valence electrons. The second-order valence-corrected chi connectivity index (χ2v) is 12.0. The van der Waals surface area contributed by atoms with Gasteiger partial charge in [0.25, 0.3) is 5.91 Å². The van der Waals surface area contributed by atoms with Crippen LogP contribution in [0.25, 0.3) is 5.65 Å². The number of carbonyl (C=O) groups excluding carboxylic acids is 2. The first-order chi connectivity index (χ1) is 19.8. The molecule has 0 unspecified atom stereocenters. The van der Waals surface area contributed by atoms with Gasteiger partial charge in [-0.3, -0.25) is 9.59 Å². The Morgan fingerprint density at radius 3 is 2.43 bits per heavy atom. The molecule has 42 heavy (non-hydrogen) atoms. The molecule has 10 nitrogen and oxygen atoms in total. The molecule has 2 aliphatic rings. The summed E-state index contributed by atoms with van der Waals surface area (Å²) in [6.07, 6.45) is 3.96. The molecule has 2 aliphatic carbocycles. The van der Waals surface area contributed by atoms with Gasteiger partial charge in [-0.15, -0.1) is 0 Å². The van der Waals surface area contributed by atoms with Crippen molar-refractivity contribution in [2.24, 2.45) is 11.8 Å². The molecule has 5 rings (SSSR count). The fourth-order valence-electron chi connectivity index (χ4n) is 5.48. The molecule has 2 N–H and O–H groups in total. The molecular formula is C28H35F4N7O3. The molecular weight excluding hydrogens is 558 g/mol. The van der Waals surface area contributed by atoms with Gasteiger partial charge in [0, 0.05) is 31.6 Å². The van der Waals surface area contributed by atoms with E-state index >= 15 is 0 Å². The normalized spacial score (nSPS) is 19.1. The number of hydrogen-bond acceptors (Lipinski definition) is 7. The maximum Gasteiger partial charge on any atom is 0.276 e. The van der Waals surface area contributed by atoms with E-state index in [1.165, 1.54) is 4.52 Å². The number of imidazole rings is 1. The SMILES string of the molecule is CC(C)c1nonc1C(=O)N[C@H](c1cn2ncc([C@H](NC(=O)CCC(C)(F)F)C3CC3)cc2n1)C1CCC(F)(F)CC1. The van der Waals surface area contributed by atoms with Crippen molar-refractivity contribution in [3.8, 4) is 0 Å². The van der Waals surface area contributed by atoms with Gasteiger partial charge in [-0.2, -0.15) is 5.10 Å². The Balaban J connectivity index is 1.40. The highest BCUT2D eigenvalue weighted by Crippen LogP contribution is 2.43. The summed E-state index contributed by atoms with van der Waals surface area (Å²) in [4.78, 5) is 30.5. The summed E-state index contributed by atoms with van der Waals surface area (Å²) in [5.41, 5.74) is 1.99. The molecule has 3 heterocycles. The number of nitrogens with zero attached hydrogens (tertiary/aromatic N) is 5. The molecule has 0 aromatic carbocycles. The van der Waals surface area contributed by atoms with Crippen molar-refractivity contribution in [3.05, 3.63) is 41.1 Å². The number of rotatable bonds is 11. The third kappa shape index (κ3) is 7.06. The second-order valence-electron chi connectivity index (χ2n) is 12.0. The van der Waals surface area contributed by atoms with Crippen molar-refractivity contribution >= 4 is 17.5 Å². The van der Waals surface area contributed by atoms with Crippen molar-refractivity contribution in [3.63, 3.8) is 0 Å². The van der Waals surface area contributed by atoms with Crippen molar-refractivity contribution in [2.75, 3.05) is 0 Å². The molecule has 0 bridgehead atoms. The summed E-state index contributed by atoms with van der Waals surface area (Å²) < 4.78 is 60.9. The quantitative estimate of drug-likeness (QED) is 0.280. The van der Waals surface area contributed by atoms with E-state index in [1.54, 1.807) is 18.5 Å². The van der Waals surface area contributed by atoms with Crippen molar-refractivity contribution in [1.82, 2.24) is 35.5 Å². The molecule has 2 atom stereocenters. The van der Waals surface area contributed by atoms with Crippen LogP contribution in [0, 0.1) is 11.8 Å². The molecule has 0 radical (unpaired) electrons. The number of fused-ring (bicyclic) bond motifs is 1. The van der Waals surface area contributed by atoms with Crippen molar-refractivity contribution < 1.29 is 31.8 Å². The molecule has 14 heteroatoms. The predicted molar refractivity (Wildman–Crippen MR) is 142 cm³/mol. The van der Waals surface area contributed by atoms with Crippen LogP contribution in [0.4, 0.5) is 17.6 Å².